The Hall–Kier alpha value is -2.35. The summed E-state index contributed by atoms with van der Waals surface area (Å²) in [6, 6.07) is 13.3. The molecule has 11 heteroatoms. The molecular weight excluding hydrogens is 387 g/mol. The van der Waals surface area contributed by atoms with E-state index >= 15 is 0 Å². The van der Waals surface area contributed by atoms with E-state index in [1.54, 1.807) is 24.5 Å². The summed E-state index contributed by atoms with van der Waals surface area (Å²) in [6.07, 6.45) is 4.01. The number of esters is 1. The van der Waals surface area contributed by atoms with Crippen LogP contribution in [0.1, 0.15) is 15.9 Å². The second-order valence-electron chi connectivity index (χ2n) is 4.96. The summed E-state index contributed by atoms with van der Waals surface area (Å²) < 4.78 is 65.9. The third-order valence-corrected chi connectivity index (χ3v) is 2.69. The van der Waals surface area contributed by atoms with Gasteiger partial charge in [-0.1, -0.05) is 30.3 Å². The van der Waals surface area contributed by atoms with E-state index in [-0.39, 0.29) is 5.97 Å². The fourth-order valence-corrected chi connectivity index (χ4v) is 1.68. The molecule has 146 valence electrons. The minimum absolute atomic E-state index is 0.345. The summed E-state index contributed by atoms with van der Waals surface area (Å²) >= 11 is 0. The molecule has 2 aromatic rings. The molecule has 1 aromatic carbocycles. The number of halogens is 6. The Labute approximate surface area is 145 Å². The molecule has 0 aliphatic carbocycles. The number of ether oxygens (including phenoxy) is 1. The molecule has 4 nitrogen and oxygen atoms in total. The zero-order valence-electron chi connectivity index (χ0n) is 13.5. The summed E-state index contributed by atoms with van der Waals surface area (Å²) in [5.74, 6) is -0.345. The molecule has 0 radical (unpaired) electrons. The van der Waals surface area contributed by atoms with Crippen LogP contribution in [0.15, 0.2) is 54.9 Å². The van der Waals surface area contributed by atoms with E-state index in [2.05, 4.69) is 0 Å². The van der Waals surface area contributed by atoms with E-state index in [0.717, 1.165) is 5.56 Å². The molecule has 0 aliphatic heterocycles. The zero-order valence-corrected chi connectivity index (χ0v) is 14.4. The number of aromatic nitrogens is 1. The van der Waals surface area contributed by atoms with Crippen molar-refractivity contribution in [1.29, 1.82) is 0 Å². The number of hydrogen-bond donors (Lipinski definition) is 0. The third kappa shape index (κ3) is 12.1. The second kappa shape index (κ2) is 7.49. The zero-order chi connectivity index (χ0) is 19.9. The molecule has 26 heavy (non-hydrogen) atoms. The van der Waals surface area contributed by atoms with Gasteiger partial charge in [0.15, 0.2) is 0 Å². The van der Waals surface area contributed by atoms with Gasteiger partial charge in [0.2, 0.25) is 12.4 Å². The van der Waals surface area contributed by atoms with E-state index in [1.165, 1.54) is 11.8 Å². The van der Waals surface area contributed by atoms with Crippen molar-refractivity contribution >= 4 is 13.8 Å². The van der Waals surface area contributed by atoms with Gasteiger partial charge in [0, 0.05) is 17.2 Å². The van der Waals surface area contributed by atoms with Gasteiger partial charge in [-0.15, -0.1) is 0 Å². The van der Waals surface area contributed by atoms with E-state index in [9.17, 15) is 30.0 Å². The summed E-state index contributed by atoms with van der Waals surface area (Å²) in [5.41, 5.74) is 1.62. The third-order valence-electron chi connectivity index (χ3n) is 2.69. The number of carbonyl (C=O) groups excluding carboxylic acids is 1. The molecule has 0 bridgehead atoms. The van der Waals surface area contributed by atoms with Crippen LogP contribution in [-0.2, 0) is 11.2 Å². The van der Waals surface area contributed by atoms with Crippen LogP contribution in [0.2, 0.25) is 0 Å². The van der Waals surface area contributed by atoms with Gasteiger partial charge in [-0.05, 0) is 11.6 Å². The maximum absolute atomic E-state index is 11.8. The second-order valence-corrected chi connectivity index (χ2v) is 6.88. The Morgan fingerprint density at radius 1 is 1.00 bits per heavy atom. The monoisotopic (exact) mass is 403 g/mol. The molecule has 0 fully saturated rings. The van der Waals surface area contributed by atoms with Crippen molar-refractivity contribution < 1.29 is 44.3 Å². The number of pyridine rings is 1. The van der Waals surface area contributed by atoms with E-state index in [1.807, 2.05) is 30.3 Å². The summed E-state index contributed by atoms with van der Waals surface area (Å²) in [6.45, 7) is 0.366. The van der Waals surface area contributed by atoms with Crippen LogP contribution in [0.3, 0.4) is 0 Å². The number of benzene rings is 1. The molecule has 0 unspecified atom stereocenters. The van der Waals surface area contributed by atoms with Gasteiger partial charge in [-0.3, -0.25) is 4.84 Å². The van der Waals surface area contributed by atoms with Crippen molar-refractivity contribution in [3.05, 3.63) is 66.0 Å². The molecule has 0 atom stereocenters. The predicted molar refractivity (Wildman–Crippen MR) is 83.1 cm³/mol. The van der Waals surface area contributed by atoms with E-state index in [4.69, 9.17) is 9.57 Å². The van der Waals surface area contributed by atoms with Gasteiger partial charge in [0.25, 0.3) is 0 Å². The van der Waals surface area contributed by atoms with Crippen molar-refractivity contribution in [2.75, 3.05) is 13.7 Å². The summed E-state index contributed by atoms with van der Waals surface area (Å²) in [5, 5.41) is 0. The van der Waals surface area contributed by atoms with Crippen LogP contribution in [-0.4, -0.2) is 19.7 Å². The van der Waals surface area contributed by atoms with Gasteiger partial charge < -0.3 is 4.74 Å². The fourth-order valence-electron chi connectivity index (χ4n) is 1.68. The normalized spacial score (nSPS) is 13.5. The summed E-state index contributed by atoms with van der Waals surface area (Å²) in [4.78, 5) is 16.8. The SMILES string of the molecule is CO[n+]1cccc(C(=O)OCCc2ccccc2)c1.F[P-](F)(F)(F)(F)F. The van der Waals surface area contributed by atoms with Crippen LogP contribution in [0.4, 0.5) is 25.2 Å². The van der Waals surface area contributed by atoms with Gasteiger partial charge in [0.1, 0.15) is 12.7 Å². The maximum atomic E-state index is 11.8. The number of hydrogen-bond acceptors (Lipinski definition) is 3. The molecule has 0 amide bonds. The molecule has 2 rings (SSSR count). The predicted octanol–water partition coefficient (Wildman–Crippen LogP) is 4.81. The van der Waals surface area contributed by atoms with Gasteiger partial charge >= 0.3 is 39.0 Å². The quantitative estimate of drug-likeness (QED) is 0.311. The van der Waals surface area contributed by atoms with Crippen molar-refractivity contribution in [3.8, 4) is 0 Å². The number of rotatable bonds is 5. The van der Waals surface area contributed by atoms with Crippen molar-refractivity contribution in [2.45, 2.75) is 6.42 Å². The number of nitrogens with zero attached hydrogens (tertiary/aromatic N) is 1. The average molecular weight is 403 g/mol. The first-order valence-corrected chi connectivity index (χ1v) is 9.10. The Bertz CT molecular complexity index is 726. The van der Waals surface area contributed by atoms with Crippen LogP contribution in [0, 0.1) is 0 Å². The Kier molecular flexibility index (Phi) is 6.25. The molecule has 0 spiro atoms. The Morgan fingerprint density at radius 2 is 1.58 bits per heavy atom. The fraction of sp³-hybridized carbons (Fsp3) is 0.200. The minimum atomic E-state index is -10.7. The first kappa shape index (κ1) is 21.7. The van der Waals surface area contributed by atoms with Crippen LogP contribution >= 0.6 is 7.81 Å². The molecule has 0 saturated carbocycles. The Morgan fingerprint density at radius 3 is 2.12 bits per heavy atom. The molecule has 0 saturated heterocycles. The average Bonchev–Trinajstić information content (AvgIpc) is 2.53. The van der Waals surface area contributed by atoms with Crippen molar-refractivity contribution in [2.24, 2.45) is 0 Å². The number of carbonyl (C=O) groups is 1. The molecule has 1 heterocycles. The van der Waals surface area contributed by atoms with Crippen molar-refractivity contribution in [3.63, 3.8) is 0 Å². The molecular formula is C15H16F6NO3P. The van der Waals surface area contributed by atoms with Crippen LogP contribution < -0.4 is 9.57 Å². The van der Waals surface area contributed by atoms with E-state index < -0.39 is 7.81 Å². The standard InChI is InChI=1S/C15H16NO3.F6P/c1-18-16-10-5-8-14(12-16)15(17)19-11-9-13-6-3-2-4-7-13;1-7(2,3,4,5)6/h2-8,10,12H,9,11H2,1H3;/q+1;-1. The summed E-state index contributed by atoms with van der Waals surface area (Å²) in [7, 11) is -9.13. The van der Waals surface area contributed by atoms with E-state index in [0.29, 0.717) is 18.6 Å². The van der Waals surface area contributed by atoms with Gasteiger partial charge in [-0.25, -0.2) is 4.79 Å². The van der Waals surface area contributed by atoms with Crippen LogP contribution in [0.25, 0.3) is 0 Å². The topological polar surface area (TPSA) is 39.4 Å². The first-order valence-electron chi connectivity index (χ1n) is 7.08. The molecule has 1 aromatic heterocycles. The first-order chi connectivity index (χ1) is 11.7. The molecule has 0 aliphatic rings. The molecule has 0 N–H and O–H groups in total. The van der Waals surface area contributed by atoms with Crippen LogP contribution in [0.5, 0.6) is 0 Å². The van der Waals surface area contributed by atoms with Gasteiger partial charge in [0.05, 0.1) is 6.61 Å². The van der Waals surface area contributed by atoms with Gasteiger partial charge in [-0.2, -0.15) is 0 Å². The Balaban J connectivity index is 0.000000412. The van der Waals surface area contributed by atoms with Crippen molar-refractivity contribution in [1.82, 2.24) is 0 Å².